The third-order valence-corrected chi connectivity index (χ3v) is 8.22. The van der Waals surface area contributed by atoms with E-state index in [1.54, 1.807) is 36.4 Å². The van der Waals surface area contributed by atoms with E-state index in [1.165, 1.54) is 30.6 Å². The topological polar surface area (TPSA) is 84.0 Å². The Morgan fingerprint density at radius 3 is 2.41 bits per heavy atom. The van der Waals surface area contributed by atoms with Crippen LogP contribution in [0.2, 0.25) is 0 Å². The number of sulfonamides is 2. The Labute approximate surface area is 160 Å². The summed E-state index contributed by atoms with van der Waals surface area (Å²) in [4.78, 5) is -0.0744. The Balaban J connectivity index is 2.09. The summed E-state index contributed by atoms with van der Waals surface area (Å²) in [7, 11) is -4.56. The molecule has 0 aromatic heterocycles. The molecule has 0 unspecified atom stereocenters. The number of para-hydroxylation sites is 1. The van der Waals surface area contributed by atoms with Crippen LogP contribution in [0.5, 0.6) is 5.75 Å². The van der Waals surface area contributed by atoms with E-state index >= 15 is 0 Å². The molecular formula is C18H22N2O5S2. The SMILES string of the molecule is COc1ccc(N2CCCCS2(=O)=O)cc1S(=O)(=O)N(C)c1ccccc1. The van der Waals surface area contributed by atoms with E-state index in [0.717, 1.165) is 10.7 Å². The van der Waals surface area contributed by atoms with E-state index in [0.29, 0.717) is 24.3 Å². The van der Waals surface area contributed by atoms with Gasteiger partial charge < -0.3 is 4.74 Å². The van der Waals surface area contributed by atoms with Crippen LogP contribution in [0.15, 0.2) is 53.4 Å². The minimum Gasteiger partial charge on any atom is -0.495 e. The van der Waals surface area contributed by atoms with Crippen LogP contribution in [0, 0.1) is 0 Å². The maximum atomic E-state index is 13.2. The highest BCUT2D eigenvalue weighted by molar-refractivity contribution is 7.93. The van der Waals surface area contributed by atoms with E-state index in [9.17, 15) is 16.8 Å². The van der Waals surface area contributed by atoms with Gasteiger partial charge in [-0.3, -0.25) is 8.61 Å². The lowest BCUT2D eigenvalue weighted by atomic mass is 10.2. The second-order valence-electron chi connectivity index (χ2n) is 6.24. The predicted molar refractivity (Wildman–Crippen MR) is 105 cm³/mol. The Morgan fingerprint density at radius 2 is 1.78 bits per heavy atom. The number of hydrogen-bond acceptors (Lipinski definition) is 5. The van der Waals surface area contributed by atoms with Crippen LogP contribution in [0.3, 0.4) is 0 Å². The smallest absolute Gasteiger partial charge is 0.267 e. The van der Waals surface area contributed by atoms with E-state index in [2.05, 4.69) is 0 Å². The summed E-state index contributed by atoms with van der Waals surface area (Å²) >= 11 is 0. The summed E-state index contributed by atoms with van der Waals surface area (Å²) in [6.07, 6.45) is 1.34. The third kappa shape index (κ3) is 3.74. The van der Waals surface area contributed by atoms with Crippen LogP contribution in [-0.4, -0.2) is 43.3 Å². The maximum Gasteiger partial charge on any atom is 0.267 e. The van der Waals surface area contributed by atoms with Gasteiger partial charge in [0.05, 0.1) is 24.2 Å². The van der Waals surface area contributed by atoms with Crippen LogP contribution in [0.25, 0.3) is 0 Å². The van der Waals surface area contributed by atoms with Gasteiger partial charge >= 0.3 is 0 Å². The zero-order chi connectivity index (χ0) is 19.7. The zero-order valence-electron chi connectivity index (χ0n) is 15.2. The van der Waals surface area contributed by atoms with Crippen molar-refractivity contribution < 1.29 is 21.6 Å². The molecule has 0 amide bonds. The fourth-order valence-electron chi connectivity index (χ4n) is 3.03. The summed E-state index contributed by atoms with van der Waals surface area (Å²) in [5.74, 6) is 0.223. The fourth-order valence-corrected chi connectivity index (χ4v) is 6.03. The molecule has 0 N–H and O–H groups in total. The third-order valence-electron chi connectivity index (χ3n) is 4.54. The van der Waals surface area contributed by atoms with Gasteiger partial charge in [0.25, 0.3) is 10.0 Å². The van der Waals surface area contributed by atoms with Crippen molar-refractivity contribution >= 4 is 31.4 Å². The van der Waals surface area contributed by atoms with Crippen LogP contribution in [0.4, 0.5) is 11.4 Å². The number of nitrogens with zero attached hydrogens (tertiary/aromatic N) is 2. The molecule has 27 heavy (non-hydrogen) atoms. The molecule has 1 fully saturated rings. The average molecular weight is 411 g/mol. The van der Waals surface area contributed by atoms with Gasteiger partial charge in [-0.05, 0) is 43.2 Å². The first-order valence-electron chi connectivity index (χ1n) is 8.50. The second kappa shape index (κ2) is 7.40. The molecule has 1 heterocycles. The van der Waals surface area contributed by atoms with Crippen molar-refractivity contribution in [3.63, 3.8) is 0 Å². The minimum atomic E-state index is -3.95. The number of rotatable bonds is 5. The molecule has 1 aliphatic heterocycles. The van der Waals surface area contributed by atoms with Crippen molar-refractivity contribution in [1.82, 2.24) is 0 Å². The maximum absolute atomic E-state index is 13.2. The van der Waals surface area contributed by atoms with E-state index < -0.39 is 20.0 Å². The molecule has 2 aromatic carbocycles. The monoisotopic (exact) mass is 410 g/mol. The molecular weight excluding hydrogens is 388 g/mol. The van der Waals surface area contributed by atoms with Gasteiger partial charge in [-0.15, -0.1) is 0 Å². The van der Waals surface area contributed by atoms with Crippen molar-refractivity contribution in [3.05, 3.63) is 48.5 Å². The predicted octanol–water partition coefficient (Wildman–Crippen LogP) is 2.45. The molecule has 3 rings (SSSR count). The highest BCUT2D eigenvalue weighted by Gasteiger charge is 2.30. The zero-order valence-corrected chi connectivity index (χ0v) is 16.8. The first kappa shape index (κ1) is 19.5. The first-order valence-corrected chi connectivity index (χ1v) is 11.5. The van der Waals surface area contributed by atoms with Gasteiger partial charge in [0, 0.05) is 13.6 Å². The molecule has 0 aliphatic carbocycles. The summed E-state index contributed by atoms with van der Waals surface area (Å²) in [6.45, 7) is 0.336. The first-order chi connectivity index (χ1) is 12.8. The Morgan fingerprint density at radius 1 is 1.07 bits per heavy atom. The summed E-state index contributed by atoms with van der Waals surface area (Å²) in [6, 6.07) is 13.1. The number of benzene rings is 2. The van der Waals surface area contributed by atoms with Crippen molar-refractivity contribution in [3.8, 4) is 5.75 Å². The molecule has 1 aliphatic rings. The van der Waals surface area contributed by atoms with E-state index in [-0.39, 0.29) is 16.4 Å². The van der Waals surface area contributed by atoms with Crippen LogP contribution in [0.1, 0.15) is 12.8 Å². The quantitative estimate of drug-likeness (QED) is 0.756. The fraction of sp³-hybridized carbons (Fsp3) is 0.333. The van der Waals surface area contributed by atoms with Crippen LogP contribution >= 0.6 is 0 Å². The molecule has 0 spiro atoms. The van der Waals surface area contributed by atoms with Crippen LogP contribution in [-0.2, 0) is 20.0 Å². The Bertz CT molecular complexity index is 1020. The molecule has 9 heteroatoms. The standard InChI is InChI=1S/C18H22N2O5S2/c1-19(15-8-4-3-5-9-15)27(23,24)18-14-16(10-11-17(18)25-2)20-12-6-7-13-26(20,21)22/h3-5,8-11,14H,6-7,12-13H2,1-2H3. The molecule has 0 radical (unpaired) electrons. The van der Waals surface area contributed by atoms with Crippen molar-refractivity contribution in [1.29, 1.82) is 0 Å². The molecule has 0 bridgehead atoms. The van der Waals surface area contributed by atoms with Gasteiger partial charge in [0.2, 0.25) is 10.0 Å². The molecule has 0 atom stereocenters. The highest BCUT2D eigenvalue weighted by Crippen LogP contribution is 2.34. The van der Waals surface area contributed by atoms with Crippen molar-refractivity contribution in [2.24, 2.45) is 0 Å². The van der Waals surface area contributed by atoms with Gasteiger partial charge in [0.1, 0.15) is 10.6 Å². The average Bonchev–Trinajstić information content (AvgIpc) is 2.67. The number of ether oxygens (including phenoxy) is 1. The molecule has 7 nitrogen and oxygen atoms in total. The highest BCUT2D eigenvalue weighted by atomic mass is 32.2. The lowest BCUT2D eigenvalue weighted by Gasteiger charge is -2.29. The lowest BCUT2D eigenvalue weighted by molar-refractivity contribution is 0.402. The molecule has 1 saturated heterocycles. The molecule has 0 saturated carbocycles. The van der Waals surface area contributed by atoms with E-state index in [4.69, 9.17) is 4.74 Å². The van der Waals surface area contributed by atoms with Gasteiger partial charge in [0.15, 0.2) is 0 Å². The molecule has 146 valence electrons. The number of methoxy groups -OCH3 is 1. The van der Waals surface area contributed by atoms with Gasteiger partial charge in [-0.1, -0.05) is 18.2 Å². The largest absolute Gasteiger partial charge is 0.495 e. The van der Waals surface area contributed by atoms with Gasteiger partial charge in [-0.2, -0.15) is 0 Å². The Hall–Kier alpha value is -2.26. The molecule has 2 aromatic rings. The van der Waals surface area contributed by atoms with E-state index in [1.807, 2.05) is 0 Å². The van der Waals surface area contributed by atoms with Crippen molar-refractivity contribution in [2.75, 3.05) is 35.1 Å². The van der Waals surface area contributed by atoms with Crippen LogP contribution < -0.4 is 13.3 Å². The Kier molecular flexibility index (Phi) is 5.34. The minimum absolute atomic E-state index is 0.0605. The second-order valence-corrected chi connectivity index (χ2v) is 10.2. The normalized spacial score (nSPS) is 16.7. The number of anilines is 2. The number of hydrogen-bond donors (Lipinski definition) is 0. The van der Waals surface area contributed by atoms with Crippen molar-refractivity contribution in [2.45, 2.75) is 17.7 Å². The summed E-state index contributed by atoms with van der Waals surface area (Å²) in [5, 5.41) is 0. The summed E-state index contributed by atoms with van der Waals surface area (Å²) in [5.41, 5.74) is 0.825. The summed E-state index contributed by atoms with van der Waals surface area (Å²) < 4.78 is 58.8. The lowest BCUT2D eigenvalue weighted by Crippen LogP contribution is -2.38. The van der Waals surface area contributed by atoms with Gasteiger partial charge in [-0.25, -0.2) is 16.8 Å².